The van der Waals surface area contributed by atoms with Crippen LogP contribution in [-0.4, -0.2) is 29.2 Å². The molecule has 2 rings (SSSR count). The first-order valence-electron chi connectivity index (χ1n) is 5.91. The molecule has 4 N–H and O–H groups in total. The van der Waals surface area contributed by atoms with Gasteiger partial charge >= 0.3 is 0 Å². The Labute approximate surface area is 111 Å². The lowest BCUT2D eigenvalue weighted by atomic mass is 10.1. The topological polar surface area (TPSA) is 70.9 Å². The zero-order chi connectivity index (χ0) is 13.0. The molecule has 2 aromatic rings. The zero-order valence-corrected chi connectivity index (χ0v) is 10.9. The van der Waals surface area contributed by atoms with E-state index in [1.807, 2.05) is 30.5 Å². The molecular formula is C13H17N3OS. The van der Waals surface area contributed by atoms with E-state index in [4.69, 9.17) is 5.73 Å². The Morgan fingerprint density at radius 2 is 2.22 bits per heavy atom. The number of hydrogen-bond acceptors (Lipinski definition) is 3. The predicted octanol–water partition coefficient (Wildman–Crippen LogP) is 1.08. The molecule has 0 bridgehead atoms. The van der Waals surface area contributed by atoms with Crippen molar-refractivity contribution in [2.75, 3.05) is 12.3 Å². The van der Waals surface area contributed by atoms with Gasteiger partial charge in [-0.05, 0) is 18.1 Å². The molecule has 0 fully saturated rings. The molecule has 5 heteroatoms. The maximum absolute atomic E-state index is 11.7. The van der Waals surface area contributed by atoms with E-state index in [1.165, 1.54) is 0 Å². The van der Waals surface area contributed by atoms with Crippen molar-refractivity contribution in [3.63, 3.8) is 0 Å². The third kappa shape index (κ3) is 2.86. The van der Waals surface area contributed by atoms with Gasteiger partial charge in [0.2, 0.25) is 5.91 Å². The molecular weight excluding hydrogens is 246 g/mol. The largest absolute Gasteiger partial charge is 0.361 e. The molecule has 0 saturated heterocycles. The number of hydrogen-bond donors (Lipinski definition) is 4. The average Bonchev–Trinajstić information content (AvgIpc) is 2.79. The first kappa shape index (κ1) is 13.0. The molecule has 0 aliphatic heterocycles. The van der Waals surface area contributed by atoms with E-state index < -0.39 is 6.04 Å². The van der Waals surface area contributed by atoms with E-state index in [0.717, 1.165) is 16.5 Å². The maximum Gasteiger partial charge on any atom is 0.237 e. The molecule has 96 valence electrons. The second-order valence-electron chi connectivity index (χ2n) is 4.18. The molecule has 0 unspecified atom stereocenters. The van der Waals surface area contributed by atoms with Crippen LogP contribution < -0.4 is 11.1 Å². The fourth-order valence-corrected chi connectivity index (χ4v) is 2.05. The molecule has 0 spiro atoms. The van der Waals surface area contributed by atoms with E-state index >= 15 is 0 Å². The molecule has 0 radical (unpaired) electrons. The molecule has 4 nitrogen and oxygen atoms in total. The van der Waals surface area contributed by atoms with Crippen LogP contribution in [0, 0.1) is 0 Å². The Morgan fingerprint density at radius 1 is 1.44 bits per heavy atom. The van der Waals surface area contributed by atoms with Gasteiger partial charge < -0.3 is 16.0 Å². The molecule has 0 aliphatic rings. The number of aromatic amines is 1. The van der Waals surface area contributed by atoms with Crippen molar-refractivity contribution >= 4 is 29.4 Å². The van der Waals surface area contributed by atoms with E-state index in [1.54, 1.807) is 0 Å². The number of aromatic nitrogens is 1. The summed E-state index contributed by atoms with van der Waals surface area (Å²) < 4.78 is 0. The fraction of sp³-hybridized carbons (Fsp3) is 0.308. The molecule has 0 saturated carbocycles. The van der Waals surface area contributed by atoms with Gasteiger partial charge in [0.05, 0.1) is 6.04 Å². The molecule has 1 amide bonds. The minimum absolute atomic E-state index is 0.130. The Balaban J connectivity index is 2.07. The number of rotatable bonds is 5. The summed E-state index contributed by atoms with van der Waals surface area (Å²) in [5.74, 6) is 0.486. The minimum Gasteiger partial charge on any atom is -0.361 e. The second kappa shape index (κ2) is 5.93. The van der Waals surface area contributed by atoms with Gasteiger partial charge in [-0.25, -0.2) is 0 Å². The van der Waals surface area contributed by atoms with Gasteiger partial charge in [-0.1, -0.05) is 18.2 Å². The van der Waals surface area contributed by atoms with Crippen molar-refractivity contribution in [3.8, 4) is 0 Å². The minimum atomic E-state index is -0.524. The Kier molecular flexibility index (Phi) is 4.28. The Hall–Kier alpha value is -1.46. The monoisotopic (exact) mass is 263 g/mol. The predicted molar refractivity (Wildman–Crippen MR) is 76.8 cm³/mol. The lowest BCUT2D eigenvalue weighted by molar-refractivity contribution is -0.122. The zero-order valence-electron chi connectivity index (χ0n) is 10.0. The summed E-state index contributed by atoms with van der Waals surface area (Å²) in [6.45, 7) is 0.545. The maximum atomic E-state index is 11.7. The van der Waals surface area contributed by atoms with Gasteiger partial charge in [-0.3, -0.25) is 4.79 Å². The van der Waals surface area contributed by atoms with E-state index in [2.05, 4.69) is 22.9 Å². The van der Waals surface area contributed by atoms with Crippen molar-refractivity contribution in [1.29, 1.82) is 0 Å². The molecule has 1 aromatic heterocycles. The van der Waals surface area contributed by atoms with E-state index in [-0.39, 0.29) is 5.91 Å². The Bertz CT molecular complexity index is 538. The highest BCUT2D eigenvalue weighted by Crippen LogP contribution is 2.18. The molecule has 1 heterocycles. The number of H-pyrrole nitrogens is 1. The standard InChI is InChI=1S/C13H17N3OS/c14-11(13(17)15-5-6-18)7-9-8-16-12-4-2-1-3-10(9)12/h1-4,8,11,16,18H,5-7,14H2,(H,15,17)/t11-/m0/s1. The summed E-state index contributed by atoms with van der Waals surface area (Å²) in [5, 5.41) is 3.86. The third-order valence-corrected chi connectivity index (χ3v) is 3.09. The number of amides is 1. The molecule has 0 aliphatic carbocycles. The van der Waals surface area contributed by atoms with Gasteiger partial charge in [-0.2, -0.15) is 12.6 Å². The number of para-hydroxylation sites is 1. The number of nitrogens with two attached hydrogens (primary N) is 1. The summed E-state index contributed by atoms with van der Waals surface area (Å²) in [6, 6.07) is 7.46. The van der Waals surface area contributed by atoms with Gasteiger partial charge in [0.15, 0.2) is 0 Å². The van der Waals surface area contributed by atoms with Crippen LogP contribution >= 0.6 is 12.6 Å². The lowest BCUT2D eigenvalue weighted by Gasteiger charge is -2.11. The van der Waals surface area contributed by atoms with Gasteiger partial charge in [0.25, 0.3) is 0 Å². The number of nitrogens with one attached hydrogen (secondary N) is 2. The number of thiol groups is 1. The van der Waals surface area contributed by atoms with E-state index in [0.29, 0.717) is 18.7 Å². The summed E-state index contributed by atoms with van der Waals surface area (Å²) in [5.41, 5.74) is 8.02. The highest BCUT2D eigenvalue weighted by Gasteiger charge is 2.15. The van der Waals surface area contributed by atoms with Gasteiger partial charge in [-0.15, -0.1) is 0 Å². The van der Waals surface area contributed by atoms with Gasteiger partial charge in [0.1, 0.15) is 0 Å². The average molecular weight is 263 g/mol. The molecule has 1 atom stereocenters. The van der Waals surface area contributed by atoms with E-state index in [9.17, 15) is 4.79 Å². The molecule has 1 aromatic carbocycles. The van der Waals surface area contributed by atoms with Crippen molar-refractivity contribution in [2.24, 2.45) is 5.73 Å². The number of carbonyl (C=O) groups is 1. The SMILES string of the molecule is N[C@@H](Cc1c[nH]c2ccccc12)C(=O)NCCS. The van der Waals surface area contributed by atoms with Crippen LogP contribution in [0.4, 0.5) is 0 Å². The van der Waals surface area contributed by atoms with Crippen LogP contribution in [0.3, 0.4) is 0 Å². The van der Waals surface area contributed by atoms with Crippen molar-refractivity contribution < 1.29 is 4.79 Å². The first-order valence-corrected chi connectivity index (χ1v) is 6.54. The first-order chi connectivity index (χ1) is 8.72. The van der Waals surface area contributed by atoms with Crippen LogP contribution in [0.5, 0.6) is 0 Å². The van der Waals surface area contributed by atoms with Crippen LogP contribution in [0.2, 0.25) is 0 Å². The summed E-state index contributed by atoms with van der Waals surface area (Å²) in [6.07, 6.45) is 2.44. The normalized spacial score (nSPS) is 12.6. The third-order valence-electron chi connectivity index (χ3n) is 2.86. The smallest absolute Gasteiger partial charge is 0.237 e. The van der Waals surface area contributed by atoms with Crippen LogP contribution in [-0.2, 0) is 11.2 Å². The second-order valence-corrected chi connectivity index (χ2v) is 4.63. The van der Waals surface area contributed by atoms with Gasteiger partial charge in [0, 0.05) is 29.4 Å². The number of benzene rings is 1. The van der Waals surface area contributed by atoms with Crippen LogP contribution in [0.15, 0.2) is 30.5 Å². The lowest BCUT2D eigenvalue weighted by Crippen LogP contribution is -2.42. The van der Waals surface area contributed by atoms with Crippen molar-refractivity contribution in [2.45, 2.75) is 12.5 Å². The summed E-state index contributed by atoms with van der Waals surface area (Å²) >= 11 is 4.04. The quantitative estimate of drug-likeness (QED) is 0.610. The molecule has 18 heavy (non-hydrogen) atoms. The van der Waals surface area contributed by atoms with Crippen molar-refractivity contribution in [3.05, 3.63) is 36.0 Å². The summed E-state index contributed by atoms with van der Waals surface area (Å²) in [7, 11) is 0. The van der Waals surface area contributed by atoms with Crippen molar-refractivity contribution in [1.82, 2.24) is 10.3 Å². The highest BCUT2D eigenvalue weighted by atomic mass is 32.1. The van der Waals surface area contributed by atoms with Crippen LogP contribution in [0.25, 0.3) is 10.9 Å². The highest BCUT2D eigenvalue weighted by molar-refractivity contribution is 7.80. The number of fused-ring (bicyclic) bond motifs is 1. The summed E-state index contributed by atoms with van der Waals surface area (Å²) in [4.78, 5) is 14.9. The number of carbonyl (C=O) groups excluding carboxylic acids is 1. The van der Waals surface area contributed by atoms with Crippen LogP contribution in [0.1, 0.15) is 5.56 Å². The fourth-order valence-electron chi connectivity index (χ4n) is 1.94. The Morgan fingerprint density at radius 3 is 3.00 bits per heavy atom.